The molecule has 0 aromatic heterocycles. The van der Waals surface area contributed by atoms with Gasteiger partial charge in [-0.2, -0.15) is 0 Å². The number of hydrogen-bond donors (Lipinski definition) is 1. The van der Waals surface area contributed by atoms with Gasteiger partial charge in [-0.3, -0.25) is 9.59 Å². The fourth-order valence-electron chi connectivity index (χ4n) is 3.37. The van der Waals surface area contributed by atoms with Crippen LogP contribution >= 0.6 is 0 Å². The molecule has 1 aromatic carbocycles. The normalized spacial score (nSPS) is 20.5. The van der Waals surface area contributed by atoms with E-state index >= 15 is 0 Å². The summed E-state index contributed by atoms with van der Waals surface area (Å²) in [5.41, 5.74) is 0.538. The number of rotatable bonds is 4. The van der Waals surface area contributed by atoms with Gasteiger partial charge < -0.3 is 24.6 Å². The molecule has 1 unspecified atom stereocenters. The summed E-state index contributed by atoms with van der Waals surface area (Å²) in [5.74, 6) is 1.41. The molecule has 0 bridgehead atoms. The monoisotopic (exact) mass is 347 g/mol. The van der Waals surface area contributed by atoms with Gasteiger partial charge in [-0.25, -0.2) is 0 Å². The number of piperazine rings is 1. The Kier molecular flexibility index (Phi) is 5.43. The fourth-order valence-corrected chi connectivity index (χ4v) is 3.37. The lowest BCUT2D eigenvalue weighted by atomic mass is 10.1. The van der Waals surface area contributed by atoms with Gasteiger partial charge in [0.25, 0.3) is 5.91 Å². The van der Waals surface area contributed by atoms with Crippen LogP contribution in [0.4, 0.5) is 0 Å². The minimum atomic E-state index is -0.0631. The van der Waals surface area contributed by atoms with Crippen molar-refractivity contribution in [3.63, 3.8) is 0 Å². The minimum Gasteiger partial charge on any atom is -0.497 e. The Hall–Kier alpha value is -2.28. The molecule has 25 heavy (non-hydrogen) atoms. The number of benzene rings is 1. The lowest BCUT2D eigenvalue weighted by Crippen LogP contribution is -2.52. The molecule has 0 aliphatic carbocycles. The molecule has 2 saturated heterocycles. The zero-order valence-corrected chi connectivity index (χ0v) is 14.8. The van der Waals surface area contributed by atoms with Crippen LogP contribution in [0.1, 0.15) is 16.8 Å². The Morgan fingerprint density at radius 3 is 2.12 bits per heavy atom. The van der Waals surface area contributed by atoms with Crippen molar-refractivity contribution >= 4 is 11.8 Å². The van der Waals surface area contributed by atoms with Crippen molar-refractivity contribution in [1.29, 1.82) is 0 Å². The van der Waals surface area contributed by atoms with Crippen molar-refractivity contribution in [3.8, 4) is 11.5 Å². The maximum Gasteiger partial charge on any atom is 0.254 e. The van der Waals surface area contributed by atoms with Crippen molar-refractivity contribution in [1.82, 2.24) is 15.1 Å². The van der Waals surface area contributed by atoms with Crippen LogP contribution in [0.5, 0.6) is 11.5 Å². The van der Waals surface area contributed by atoms with Gasteiger partial charge in [0.05, 0.1) is 20.1 Å². The third kappa shape index (κ3) is 3.87. The van der Waals surface area contributed by atoms with Gasteiger partial charge in [-0.15, -0.1) is 0 Å². The first kappa shape index (κ1) is 17.5. The molecular weight excluding hydrogens is 322 g/mol. The second-order valence-electron chi connectivity index (χ2n) is 6.41. The lowest BCUT2D eigenvalue weighted by molar-refractivity contribution is -0.136. The maximum absolute atomic E-state index is 12.8. The number of nitrogens with zero attached hydrogens (tertiary/aromatic N) is 2. The second kappa shape index (κ2) is 7.74. The third-order valence-electron chi connectivity index (χ3n) is 4.89. The molecule has 2 heterocycles. The molecule has 3 rings (SSSR count). The summed E-state index contributed by atoms with van der Waals surface area (Å²) in [7, 11) is 3.12. The van der Waals surface area contributed by atoms with Gasteiger partial charge in [0.2, 0.25) is 5.91 Å². The standard InChI is InChI=1S/C18H25N3O4/c1-24-15-9-14(10-16(11-15)25-2)18(23)21-7-5-20(6-8-21)17(22)13-3-4-19-12-13/h9-11,13,19H,3-8,12H2,1-2H3. The zero-order chi connectivity index (χ0) is 17.8. The van der Waals surface area contributed by atoms with Crippen LogP contribution in [0.25, 0.3) is 0 Å². The van der Waals surface area contributed by atoms with Gasteiger partial charge in [-0.05, 0) is 25.1 Å². The maximum atomic E-state index is 12.8. The Morgan fingerprint density at radius 1 is 1.00 bits per heavy atom. The molecule has 7 nitrogen and oxygen atoms in total. The lowest BCUT2D eigenvalue weighted by Gasteiger charge is -2.36. The molecule has 136 valence electrons. The van der Waals surface area contributed by atoms with Crippen molar-refractivity contribution < 1.29 is 19.1 Å². The molecule has 0 spiro atoms. The number of carbonyl (C=O) groups excluding carboxylic acids is 2. The van der Waals surface area contributed by atoms with Crippen LogP contribution in [-0.2, 0) is 4.79 Å². The Balaban J connectivity index is 1.62. The molecular formula is C18H25N3O4. The van der Waals surface area contributed by atoms with Gasteiger partial charge in [0, 0.05) is 44.4 Å². The highest BCUT2D eigenvalue weighted by Crippen LogP contribution is 2.24. The van der Waals surface area contributed by atoms with Gasteiger partial charge >= 0.3 is 0 Å². The summed E-state index contributed by atoms with van der Waals surface area (Å²) in [5, 5.41) is 3.23. The summed E-state index contributed by atoms with van der Waals surface area (Å²) < 4.78 is 10.5. The van der Waals surface area contributed by atoms with Crippen LogP contribution in [0.2, 0.25) is 0 Å². The van der Waals surface area contributed by atoms with Gasteiger partial charge in [-0.1, -0.05) is 0 Å². The first-order chi connectivity index (χ1) is 12.1. The summed E-state index contributed by atoms with van der Waals surface area (Å²) in [6.07, 6.45) is 0.904. The van der Waals surface area contributed by atoms with Crippen LogP contribution in [0.3, 0.4) is 0 Å². The van der Waals surface area contributed by atoms with Gasteiger partial charge in [0.15, 0.2) is 0 Å². The number of amides is 2. The van der Waals surface area contributed by atoms with E-state index in [9.17, 15) is 9.59 Å². The average molecular weight is 347 g/mol. The molecule has 2 aliphatic rings. The predicted octanol–water partition coefficient (Wildman–Crippen LogP) is 0.598. The highest BCUT2D eigenvalue weighted by molar-refractivity contribution is 5.95. The van der Waals surface area contributed by atoms with E-state index in [2.05, 4.69) is 5.32 Å². The van der Waals surface area contributed by atoms with Crippen LogP contribution in [-0.4, -0.2) is 75.1 Å². The second-order valence-corrected chi connectivity index (χ2v) is 6.41. The number of nitrogens with one attached hydrogen (secondary N) is 1. The molecule has 2 aliphatic heterocycles. The first-order valence-electron chi connectivity index (χ1n) is 8.64. The molecule has 1 atom stereocenters. The quantitative estimate of drug-likeness (QED) is 0.864. The molecule has 2 fully saturated rings. The number of ether oxygens (including phenoxy) is 2. The SMILES string of the molecule is COc1cc(OC)cc(C(=O)N2CCN(C(=O)C3CCNC3)CC2)c1. The van der Waals surface area contributed by atoms with Crippen LogP contribution in [0.15, 0.2) is 18.2 Å². The van der Waals surface area contributed by atoms with Crippen LogP contribution in [0, 0.1) is 5.92 Å². The molecule has 7 heteroatoms. The topological polar surface area (TPSA) is 71.1 Å². The fraction of sp³-hybridized carbons (Fsp3) is 0.556. The van der Waals surface area contributed by atoms with Crippen molar-refractivity contribution in [2.45, 2.75) is 6.42 Å². The summed E-state index contributed by atoms with van der Waals surface area (Å²) in [6, 6.07) is 5.17. The predicted molar refractivity (Wildman–Crippen MR) is 93.0 cm³/mol. The molecule has 0 radical (unpaired) electrons. The van der Waals surface area contributed by atoms with E-state index in [1.807, 2.05) is 4.90 Å². The molecule has 1 aromatic rings. The van der Waals surface area contributed by atoms with E-state index < -0.39 is 0 Å². The summed E-state index contributed by atoms with van der Waals surface area (Å²) in [4.78, 5) is 28.9. The van der Waals surface area contributed by atoms with Crippen molar-refractivity contribution in [3.05, 3.63) is 23.8 Å². The molecule has 1 N–H and O–H groups in total. The van der Waals surface area contributed by atoms with E-state index in [0.29, 0.717) is 43.2 Å². The smallest absolute Gasteiger partial charge is 0.254 e. The third-order valence-corrected chi connectivity index (χ3v) is 4.89. The largest absolute Gasteiger partial charge is 0.497 e. The zero-order valence-electron chi connectivity index (χ0n) is 14.8. The highest BCUT2D eigenvalue weighted by atomic mass is 16.5. The number of carbonyl (C=O) groups is 2. The van der Waals surface area contributed by atoms with Crippen molar-refractivity contribution in [2.75, 3.05) is 53.5 Å². The van der Waals surface area contributed by atoms with E-state index in [1.54, 1.807) is 37.3 Å². The molecule has 0 saturated carbocycles. The van der Waals surface area contributed by atoms with Gasteiger partial charge in [0.1, 0.15) is 11.5 Å². The summed E-state index contributed by atoms with van der Waals surface area (Å²) >= 11 is 0. The van der Waals surface area contributed by atoms with E-state index in [0.717, 1.165) is 19.5 Å². The Bertz CT molecular complexity index is 613. The van der Waals surface area contributed by atoms with Crippen molar-refractivity contribution in [2.24, 2.45) is 5.92 Å². The van der Waals surface area contributed by atoms with E-state index in [4.69, 9.17) is 9.47 Å². The molecule has 2 amide bonds. The Labute approximate surface area is 147 Å². The van der Waals surface area contributed by atoms with Crippen LogP contribution < -0.4 is 14.8 Å². The highest BCUT2D eigenvalue weighted by Gasteiger charge is 2.30. The number of methoxy groups -OCH3 is 2. The average Bonchev–Trinajstić information content (AvgIpc) is 3.21. The number of hydrogen-bond acceptors (Lipinski definition) is 5. The summed E-state index contributed by atoms with van der Waals surface area (Å²) in [6.45, 7) is 3.94. The Morgan fingerprint density at radius 2 is 1.60 bits per heavy atom. The minimum absolute atomic E-state index is 0.0631. The first-order valence-corrected chi connectivity index (χ1v) is 8.64. The van der Waals surface area contributed by atoms with E-state index in [1.165, 1.54) is 0 Å². The van der Waals surface area contributed by atoms with E-state index in [-0.39, 0.29) is 17.7 Å².